The topological polar surface area (TPSA) is 88.7 Å². The zero-order valence-corrected chi connectivity index (χ0v) is 18.6. The third kappa shape index (κ3) is 5.28. The fourth-order valence-corrected chi connectivity index (χ4v) is 4.19. The number of nitrogens with zero attached hydrogens (tertiary/aromatic N) is 2. The summed E-state index contributed by atoms with van der Waals surface area (Å²) in [4.78, 5) is 18.9. The molecule has 0 bridgehead atoms. The second-order valence-corrected chi connectivity index (χ2v) is 9.33. The fraction of sp³-hybridized carbons (Fsp3) is 0.455. The van der Waals surface area contributed by atoms with Gasteiger partial charge in [0.15, 0.2) is 0 Å². The summed E-state index contributed by atoms with van der Waals surface area (Å²) >= 11 is 3.47. The van der Waals surface area contributed by atoms with Gasteiger partial charge in [0.2, 0.25) is 0 Å². The highest BCUT2D eigenvalue weighted by molar-refractivity contribution is 9.10. The van der Waals surface area contributed by atoms with Gasteiger partial charge in [-0.1, -0.05) is 12.1 Å². The number of hydrogen-bond donors (Lipinski definition) is 2. The van der Waals surface area contributed by atoms with Gasteiger partial charge >= 0.3 is 6.09 Å². The first-order valence-corrected chi connectivity index (χ1v) is 10.6. The first-order chi connectivity index (χ1) is 13.7. The van der Waals surface area contributed by atoms with Crippen molar-refractivity contribution in [2.24, 2.45) is 0 Å². The van der Waals surface area contributed by atoms with Crippen LogP contribution in [0.2, 0.25) is 0 Å². The van der Waals surface area contributed by atoms with E-state index in [0.717, 1.165) is 16.5 Å². The number of aliphatic hydroxyl groups is 1. The van der Waals surface area contributed by atoms with Gasteiger partial charge in [0.1, 0.15) is 11.7 Å². The Morgan fingerprint density at radius 3 is 2.76 bits per heavy atom. The summed E-state index contributed by atoms with van der Waals surface area (Å²) in [5.41, 5.74) is 7.73. The molecule has 1 saturated heterocycles. The standard InChI is InChI=1S/C22H28BrN3O3/c1-22(2,3)29-21(28)26-16(11-14-6-8-18(24)17(23)12-14)7-9-19(26)20(27)15-5-4-10-25-13-15/h4-6,8,10,12-13,16,19-20,27H,7,9,11,24H2,1-3H3/t16-,19+,20+/m0/s1. The highest BCUT2D eigenvalue weighted by atomic mass is 79.9. The Morgan fingerprint density at radius 2 is 2.14 bits per heavy atom. The lowest BCUT2D eigenvalue weighted by molar-refractivity contribution is -0.00458. The van der Waals surface area contributed by atoms with Crippen LogP contribution < -0.4 is 5.73 Å². The van der Waals surface area contributed by atoms with Crippen molar-refractivity contribution in [3.63, 3.8) is 0 Å². The molecule has 0 aliphatic carbocycles. The van der Waals surface area contributed by atoms with E-state index in [1.54, 1.807) is 23.4 Å². The molecule has 0 spiro atoms. The van der Waals surface area contributed by atoms with Crippen LogP contribution in [0.5, 0.6) is 0 Å². The van der Waals surface area contributed by atoms with E-state index in [-0.39, 0.29) is 12.1 Å². The van der Waals surface area contributed by atoms with Crippen LogP contribution in [-0.2, 0) is 11.2 Å². The van der Waals surface area contributed by atoms with E-state index < -0.39 is 17.8 Å². The molecule has 3 atom stereocenters. The summed E-state index contributed by atoms with van der Waals surface area (Å²) < 4.78 is 6.52. The zero-order chi connectivity index (χ0) is 21.2. The quantitative estimate of drug-likeness (QED) is 0.655. The van der Waals surface area contributed by atoms with Gasteiger partial charge in [0, 0.05) is 34.2 Å². The molecule has 3 N–H and O–H groups in total. The summed E-state index contributed by atoms with van der Waals surface area (Å²) in [7, 11) is 0. The molecule has 156 valence electrons. The molecule has 3 rings (SSSR count). The number of nitrogen functional groups attached to an aromatic ring is 1. The maximum atomic E-state index is 13.1. The van der Waals surface area contributed by atoms with Crippen LogP contribution in [0.15, 0.2) is 47.2 Å². The fourth-order valence-electron chi connectivity index (χ4n) is 3.76. The Morgan fingerprint density at radius 1 is 1.38 bits per heavy atom. The van der Waals surface area contributed by atoms with Crippen molar-refractivity contribution in [3.05, 3.63) is 58.3 Å². The van der Waals surface area contributed by atoms with Crippen molar-refractivity contribution in [3.8, 4) is 0 Å². The highest BCUT2D eigenvalue weighted by Gasteiger charge is 2.43. The smallest absolute Gasteiger partial charge is 0.410 e. The molecule has 0 radical (unpaired) electrons. The minimum Gasteiger partial charge on any atom is -0.444 e. The molecule has 1 aliphatic heterocycles. The van der Waals surface area contributed by atoms with Gasteiger partial charge in [-0.2, -0.15) is 0 Å². The number of benzene rings is 1. The van der Waals surface area contributed by atoms with Crippen LogP contribution in [-0.4, -0.2) is 38.8 Å². The average molecular weight is 462 g/mol. The Balaban J connectivity index is 1.86. The lowest BCUT2D eigenvalue weighted by Crippen LogP contribution is -2.47. The van der Waals surface area contributed by atoms with E-state index in [9.17, 15) is 9.90 Å². The van der Waals surface area contributed by atoms with Gasteiger partial charge in [-0.05, 0) is 79.7 Å². The molecular formula is C22H28BrN3O3. The van der Waals surface area contributed by atoms with E-state index in [0.29, 0.717) is 24.1 Å². The van der Waals surface area contributed by atoms with Gasteiger partial charge in [-0.15, -0.1) is 0 Å². The summed E-state index contributed by atoms with van der Waals surface area (Å²) in [6, 6.07) is 8.98. The number of aromatic nitrogens is 1. The van der Waals surface area contributed by atoms with E-state index in [1.807, 2.05) is 45.0 Å². The van der Waals surface area contributed by atoms with Crippen LogP contribution >= 0.6 is 15.9 Å². The minimum absolute atomic E-state index is 0.0725. The van der Waals surface area contributed by atoms with Crippen LogP contribution in [0, 0.1) is 0 Å². The Kier molecular flexibility index (Phi) is 6.49. The monoisotopic (exact) mass is 461 g/mol. The number of aliphatic hydroxyl groups excluding tert-OH is 1. The molecule has 29 heavy (non-hydrogen) atoms. The number of rotatable bonds is 4. The molecule has 0 saturated carbocycles. The highest BCUT2D eigenvalue weighted by Crippen LogP contribution is 2.36. The Hall–Kier alpha value is -2.12. The van der Waals surface area contributed by atoms with E-state index >= 15 is 0 Å². The number of pyridine rings is 1. The van der Waals surface area contributed by atoms with Crippen molar-refractivity contribution in [2.45, 2.75) is 63.8 Å². The van der Waals surface area contributed by atoms with E-state index in [2.05, 4.69) is 20.9 Å². The van der Waals surface area contributed by atoms with Gasteiger partial charge in [0.05, 0.1) is 6.04 Å². The van der Waals surface area contributed by atoms with Crippen molar-refractivity contribution in [1.29, 1.82) is 0 Å². The molecule has 1 aromatic heterocycles. The molecule has 1 fully saturated rings. The second kappa shape index (κ2) is 8.71. The average Bonchev–Trinajstić information content (AvgIpc) is 3.07. The zero-order valence-electron chi connectivity index (χ0n) is 17.0. The van der Waals surface area contributed by atoms with Gasteiger partial charge in [-0.25, -0.2) is 4.79 Å². The minimum atomic E-state index is -0.820. The van der Waals surface area contributed by atoms with Crippen molar-refractivity contribution in [1.82, 2.24) is 9.88 Å². The SMILES string of the molecule is CC(C)(C)OC(=O)N1[C@H](Cc2ccc(N)c(Br)c2)CC[C@@H]1[C@H](O)c1cccnc1. The van der Waals surface area contributed by atoms with Gasteiger partial charge < -0.3 is 15.6 Å². The Labute approximate surface area is 180 Å². The second-order valence-electron chi connectivity index (χ2n) is 8.48. The summed E-state index contributed by atoms with van der Waals surface area (Å²) in [5.74, 6) is 0. The summed E-state index contributed by atoms with van der Waals surface area (Å²) in [5, 5.41) is 11.0. The number of nitrogens with two attached hydrogens (primary N) is 1. The molecule has 2 aromatic rings. The third-order valence-electron chi connectivity index (χ3n) is 5.08. The third-order valence-corrected chi connectivity index (χ3v) is 5.76. The number of amides is 1. The summed E-state index contributed by atoms with van der Waals surface area (Å²) in [6.07, 6.45) is 4.22. The number of carbonyl (C=O) groups excluding carboxylic acids is 1. The molecule has 7 heteroatoms. The van der Waals surface area contributed by atoms with Gasteiger partial charge in [0.25, 0.3) is 0 Å². The first kappa shape index (κ1) is 21.6. The molecule has 6 nitrogen and oxygen atoms in total. The first-order valence-electron chi connectivity index (χ1n) is 9.79. The maximum absolute atomic E-state index is 13.1. The molecular weight excluding hydrogens is 434 g/mol. The lowest BCUT2D eigenvalue weighted by Gasteiger charge is -2.34. The van der Waals surface area contributed by atoms with Crippen LogP contribution in [0.25, 0.3) is 0 Å². The molecule has 0 unspecified atom stereocenters. The largest absolute Gasteiger partial charge is 0.444 e. The molecule has 1 aliphatic rings. The number of carbonyl (C=O) groups is 1. The van der Waals surface area contributed by atoms with Crippen molar-refractivity contribution in [2.75, 3.05) is 5.73 Å². The number of anilines is 1. The summed E-state index contributed by atoms with van der Waals surface area (Å²) in [6.45, 7) is 5.54. The molecule has 1 amide bonds. The van der Waals surface area contributed by atoms with Crippen LogP contribution in [0.4, 0.5) is 10.5 Å². The van der Waals surface area contributed by atoms with Crippen molar-refractivity contribution < 1.29 is 14.6 Å². The maximum Gasteiger partial charge on any atom is 0.410 e. The van der Waals surface area contributed by atoms with E-state index in [4.69, 9.17) is 10.5 Å². The lowest BCUT2D eigenvalue weighted by atomic mass is 10.0. The number of ether oxygens (including phenoxy) is 1. The van der Waals surface area contributed by atoms with Crippen LogP contribution in [0.1, 0.15) is 50.8 Å². The normalized spacial score (nSPS) is 20.5. The predicted molar refractivity (Wildman–Crippen MR) is 116 cm³/mol. The molecule has 2 heterocycles. The van der Waals surface area contributed by atoms with Crippen molar-refractivity contribution >= 4 is 27.7 Å². The molecule has 1 aromatic carbocycles. The van der Waals surface area contributed by atoms with Crippen LogP contribution in [0.3, 0.4) is 0 Å². The van der Waals surface area contributed by atoms with E-state index in [1.165, 1.54) is 0 Å². The predicted octanol–water partition coefficient (Wildman–Crippen LogP) is 4.47. The number of hydrogen-bond acceptors (Lipinski definition) is 5. The Bertz CT molecular complexity index is 854. The number of halogens is 1. The number of likely N-dealkylation sites (tertiary alicyclic amines) is 1. The van der Waals surface area contributed by atoms with Gasteiger partial charge in [-0.3, -0.25) is 9.88 Å².